The van der Waals surface area contributed by atoms with Crippen LogP contribution in [0.3, 0.4) is 0 Å². The fourth-order valence-corrected chi connectivity index (χ4v) is 2.15. The van der Waals surface area contributed by atoms with Gasteiger partial charge in [-0.05, 0) is 6.07 Å². The molecule has 0 unspecified atom stereocenters. The van der Waals surface area contributed by atoms with Gasteiger partial charge in [-0.25, -0.2) is 13.4 Å². The molecule has 0 saturated carbocycles. The van der Waals surface area contributed by atoms with Crippen LogP contribution in [0.5, 0.6) is 0 Å². The molecule has 0 saturated heterocycles. The second-order valence-corrected chi connectivity index (χ2v) is 5.76. The van der Waals surface area contributed by atoms with E-state index in [-0.39, 0.29) is 11.4 Å². The molecule has 2 aromatic rings. The van der Waals surface area contributed by atoms with Crippen molar-refractivity contribution in [3.8, 4) is 0 Å². The SMILES string of the molecule is CS(=O)(=O)Cc1c[n+]([O-])c2ccccc2n1. The Morgan fingerprint density at radius 1 is 1.38 bits per heavy atom. The van der Waals surface area contributed by atoms with Crippen LogP contribution >= 0.6 is 0 Å². The Balaban J connectivity index is 2.58. The van der Waals surface area contributed by atoms with Crippen LogP contribution in [-0.4, -0.2) is 19.7 Å². The Morgan fingerprint density at radius 3 is 2.75 bits per heavy atom. The molecule has 0 spiro atoms. The number of nitrogens with zero attached hydrogens (tertiary/aromatic N) is 2. The number of rotatable bonds is 2. The molecule has 0 atom stereocenters. The highest BCUT2D eigenvalue weighted by molar-refractivity contribution is 7.89. The van der Waals surface area contributed by atoms with Crippen LogP contribution in [0.25, 0.3) is 11.0 Å². The van der Waals surface area contributed by atoms with Crippen LogP contribution in [0, 0.1) is 5.21 Å². The fraction of sp³-hybridized carbons (Fsp3) is 0.200. The van der Waals surface area contributed by atoms with Gasteiger partial charge in [-0.3, -0.25) is 0 Å². The van der Waals surface area contributed by atoms with Crippen molar-refractivity contribution >= 4 is 20.9 Å². The van der Waals surface area contributed by atoms with E-state index in [1.54, 1.807) is 24.3 Å². The molecule has 0 N–H and O–H groups in total. The Morgan fingerprint density at radius 2 is 2.06 bits per heavy atom. The van der Waals surface area contributed by atoms with Crippen molar-refractivity contribution in [2.45, 2.75) is 5.75 Å². The van der Waals surface area contributed by atoms with Crippen molar-refractivity contribution in [1.29, 1.82) is 0 Å². The predicted molar refractivity (Wildman–Crippen MR) is 59.3 cm³/mol. The molecule has 6 heteroatoms. The van der Waals surface area contributed by atoms with Crippen LogP contribution in [0.1, 0.15) is 5.69 Å². The van der Waals surface area contributed by atoms with E-state index in [1.807, 2.05) is 0 Å². The number of fused-ring (bicyclic) bond motifs is 1. The Hall–Kier alpha value is -1.69. The molecule has 0 aliphatic carbocycles. The fourth-order valence-electron chi connectivity index (χ4n) is 1.47. The largest absolute Gasteiger partial charge is 0.618 e. The summed E-state index contributed by atoms with van der Waals surface area (Å²) in [7, 11) is -3.18. The van der Waals surface area contributed by atoms with Gasteiger partial charge in [-0.2, -0.15) is 4.73 Å². The van der Waals surface area contributed by atoms with E-state index in [2.05, 4.69) is 4.98 Å². The molecule has 0 fully saturated rings. The third-order valence-electron chi connectivity index (χ3n) is 2.06. The number of sulfone groups is 1. The van der Waals surface area contributed by atoms with Gasteiger partial charge in [0.15, 0.2) is 9.84 Å². The summed E-state index contributed by atoms with van der Waals surface area (Å²) in [6, 6.07) is 6.79. The first-order valence-corrected chi connectivity index (χ1v) is 6.67. The first kappa shape index (κ1) is 10.8. The molecule has 16 heavy (non-hydrogen) atoms. The lowest BCUT2D eigenvalue weighted by molar-refractivity contribution is -0.577. The number of hydrogen-bond donors (Lipinski definition) is 0. The molecule has 0 bridgehead atoms. The lowest BCUT2D eigenvalue weighted by Crippen LogP contribution is -2.28. The molecular formula is C10H10N2O3S. The van der Waals surface area contributed by atoms with Gasteiger partial charge in [0, 0.05) is 12.3 Å². The van der Waals surface area contributed by atoms with E-state index in [0.29, 0.717) is 15.8 Å². The topological polar surface area (TPSA) is 74.0 Å². The molecule has 0 radical (unpaired) electrons. The summed E-state index contributed by atoms with van der Waals surface area (Å²) in [5, 5.41) is 11.6. The molecule has 1 heterocycles. The lowest BCUT2D eigenvalue weighted by atomic mass is 10.3. The van der Waals surface area contributed by atoms with Crippen molar-refractivity contribution in [2.75, 3.05) is 6.26 Å². The minimum atomic E-state index is -3.18. The van der Waals surface area contributed by atoms with Crippen molar-refractivity contribution < 1.29 is 13.1 Å². The van der Waals surface area contributed by atoms with E-state index < -0.39 is 9.84 Å². The Labute approximate surface area is 92.9 Å². The highest BCUT2D eigenvalue weighted by atomic mass is 32.2. The van der Waals surface area contributed by atoms with Crippen LogP contribution in [-0.2, 0) is 15.6 Å². The van der Waals surface area contributed by atoms with Crippen molar-refractivity contribution in [3.63, 3.8) is 0 Å². The molecule has 84 valence electrons. The Kier molecular flexibility index (Phi) is 2.51. The van der Waals surface area contributed by atoms with Gasteiger partial charge in [0.25, 0.3) is 0 Å². The first-order valence-electron chi connectivity index (χ1n) is 4.61. The smallest absolute Gasteiger partial charge is 0.242 e. The van der Waals surface area contributed by atoms with Gasteiger partial charge in [-0.1, -0.05) is 12.1 Å². The maximum absolute atomic E-state index is 11.6. The molecular weight excluding hydrogens is 228 g/mol. The number of hydrogen-bond acceptors (Lipinski definition) is 4. The zero-order chi connectivity index (χ0) is 11.8. The van der Waals surface area contributed by atoms with E-state index in [4.69, 9.17) is 0 Å². The summed E-state index contributed by atoms with van der Waals surface area (Å²) < 4.78 is 22.8. The van der Waals surface area contributed by atoms with E-state index in [9.17, 15) is 13.6 Å². The van der Waals surface area contributed by atoms with E-state index in [1.165, 1.54) is 6.20 Å². The monoisotopic (exact) mass is 238 g/mol. The minimum Gasteiger partial charge on any atom is -0.618 e. The van der Waals surface area contributed by atoms with Crippen molar-refractivity contribution in [2.24, 2.45) is 0 Å². The van der Waals surface area contributed by atoms with Gasteiger partial charge in [0.05, 0.1) is 5.75 Å². The number of aromatic nitrogens is 2. The number of para-hydroxylation sites is 2. The molecule has 1 aromatic heterocycles. The van der Waals surface area contributed by atoms with Gasteiger partial charge in [-0.15, -0.1) is 0 Å². The second kappa shape index (κ2) is 3.71. The zero-order valence-corrected chi connectivity index (χ0v) is 9.44. The summed E-state index contributed by atoms with van der Waals surface area (Å²) in [5.74, 6) is -0.222. The molecule has 0 aliphatic heterocycles. The average molecular weight is 238 g/mol. The average Bonchev–Trinajstić information content (AvgIpc) is 2.15. The minimum absolute atomic E-state index is 0.222. The quantitative estimate of drug-likeness (QED) is 0.561. The molecule has 0 amide bonds. The zero-order valence-electron chi connectivity index (χ0n) is 8.62. The molecule has 0 aliphatic rings. The third kappa shape index (κ3) is 2.27. The van der Waals surface area contributed by atoms with Crippen LogP contribution < -0.4 is 4.73 Å². The molecule has 2 rings (SSSR count). The standard InChI is InChI=1S/C10H10N2O3S/c1-16(14,15)7-8-6-12(13)10-5-3-2-4-9(10)11-8/h2-6H,7H2,1H3. The molecule has 5 nitrogen and oxygen atoms in total. The predicted octanol–water partition coefficient (Wildman–Crippen LogP) is 0.413. The van der Waals surface area contributed by atoms with Crippen LogP contribution in [0.2, 0.25) is 0 Å². The first-order chi connectivity index (χ1) is 7.46. The number of benzene rings is 1. The van der Waals surface area contributed by atoms with Crippen LogP contribution in [0.15, 0.2) is 30.5 Å². The van der Waals surface area contributed by atoms with Gasteiger partial charge in [0.1, 0.15) is 11.2 Å². The van der Waals surface area contributed by atoms with Gasteiger partial charge >= 0.3 is 0 Å². The second-order valence-electron chi connectivity index (χ2n) is 3.62. The van der Waals surface area contributed by atoms with E-state index in [0.717, 1.165) is 6.26 Å². The van der Waals surface area contributed by atoms with Crippen molar-refractivity contribution in [3.05, 3.63) is 41.4 Å². The maximum atomic E-state index is 11.6. The summed E-state index contributed by atoms with van der Waals surface area (Å²) in [6.07, 6.45) is 2.31. The summed E-state index contributed by atoms with van der Waals surface area (Å²) in [6.45, 7) is 0. The lowest BCUT2D eigenvalue weighted by Gasteiger charge is -2.03. The summed E-state index contributed by atoms with van der Waals surface area (Å²) in [4.78, 5) is 4.12. The summed E-state index contributed by atoms with van der Waals surface area (Å²) in [5.41, 5.74) is 1.19. The van der Waals surface area contributed by atoms with Gasteiger partial charge in [0.2, 0.25) is 11.7 Å². The summed E-state index contributed by atoms with van der Waals surface area (Å²) >= 11 is 0. The molecule has 1 aromatic carbocycles. The van der Waals surface area contributed by atoms with Crippen molar-refractivity contribution in [1.82, 2.24) is 4.98 Å². The maximum Gasteiger partial charge on any atom is 0.242 e. The normalized spacial score (nSPS) is 11.8. The van der Waals surface area contributed by atoms with Gasteiger partial charge < -0.3 is 5.21 Å². The van der Waals surface area contributed by atoms with E-state index >= 15 is 0 Å². The highest BCUT2D eigenvalue weighted by Gasteiger charge is 2.12. The highest BCUT2D eigenvalue weighted by Crippen LogP contribution is 2.08. The van der Waals surface area contributed by atoms with Crippen LogP contribution in [0.4, 0.5) is 0 Å². The third-order valence-corrected chi connectivity index (χ3v) is 2.88. The Bertz CT molecular complexity index is 638.